The van der Waals surface area contributed by atoms with Crippen molar-refractivity contribution < 1.29 is 9.52 Å². The second-order valence-corrected chi connectivity index (χ2v) is 7.94. The molecule has 1 saturated heterocycles. The molecule has 0 unspecified atom stereocenters. The highest BCUT2D eigenvalue weighted by Crippen LogP contribution is 2.40. The predicted octanol–water partition coefficient (Wildman–Crippen LogP) is 5.73. The van der Waals surface area contributed by atoms with Crippen LogP contribution in [-0.4, -0.2) is 28.1 Å². The highest BCUT2D eigenvalue weighted by atomic mass is 16.4. The number of hydrogen-bond donors (Lipinski definition) is 1. The normalized spacial score (nSPS) is 18.1. The summed E-state index contributed by atoms with van der Waals surface area (Å²) in [6, 6.07) is 7.88. The Morgan fingerprint density at radius 1 is 1.07 bits per heavy atom. The highest BCUT2D eigenvalue weighted by molar-refractivity contribution is 5.94. The van der Waals surface area contributed by atoms with Crippen molar-refractivity contribution in [3.63, 3.8) is 0 Å². The minimum atomic E-state index is 0.149. The second kappa shape index (κ2) is 7.12. The molecule has 3 aromatic rings. The first-order valence-corrected chi connectivity index (χ1v) is 10.2. The maximum atomic E-state index is 10.8. The maximum Gasteiger partial charge on any atom is 0.184 e. The second-order valence-electron chi connectivity index (χ2n) is 7.94. The van der Waals surface area contributed by atoms with Gasteiger partial charge in [0.15, 0.2) is 17.3 Å². The van der Waals surface area contributed by atoms with Crippen LogP contribution < -0.4 is 0 Å². The topological polar surface area (TPSA) is 74.2 Å². The van der Waals surface area contributed by atoms with Gasteiger partial charge in [0.1, 0.15) is 11.3 Å². The largest absolute Gasteiger partial charge is 0.504 e. The van der Waals surface area contributed by atoms with Gasteiger partial charge < -0.3 is 9.52 Å². The summed E-state index contributed by atoms with van der Waals surface area (Å²) in [5.41, 5.74) is 5.48. The molecule has 4 heterocycles. The molecular formula is C23H24N4O2. The molecule has 0 radical (unpaired) electrons. The Bertz CT molecular complexity index is 1150. The first kappa shape index (κ1) is 18.1. The molecule has 0 amide bonds. The number of pyridine rings is 1. The van der Waals surface area contributed by atoms with Crippen molar-refractivity contribution in [2.45, 2.75) is 39.7 Å². The summed E-state index contributed by atoms with van der Waals surface area (Å²) in [5, 5.41) is 19.9. The molecule has 6 heteroatoms. The minimum absolute atomic E-state index is 0.149. The van der Waals surface area contributed by atoms with E-state index >= 15 is 0 Å². The SMILES string of the molecule is Cc1ccc2c(n1)N=NC2=Cc1oc2c(CN3CCCCC3)c(C)ccc2c1O. The summed E-state index contributed by atoms with van der Waals surface area (Å²) < 4.78 is 6.18. The van der Waals surface area contributed by atoms with Crippen LogP contribution in [0.5, 0.6) is 5.75 Å². The zero-order valence-corrected chi connectivity index (χ0v) is 16.8. The van der Waals surface area contributed by atoms with Gasteiger partial charge in [-0.1, -0.05) is 12.5 Å². The molecule has 1 N–H and O–H groups in total. The van der Waals surface area contributed by atoms with E-state index in [4.69, 9.17) is 4.42 Å². The number of fused-ring (bicyclic) bond motifs is 2. The first-order chi connectivity index (χ1) is 14.1. The van der Waals surface area contributed by atoms with Crippen LogP contribution in [0.3, 0.4) is 0 Å². The third-order valence-electron chi connectivity index (χ3n) is 5.84. The lowest BCUT2D eigenvalue weighted by atomic mass is 10.0. The fourth-order valence-corrected chi connectivity index (χ4v) is 4.16. The van der Waals surface area contributed by atoms with E-state index in [9.17, 15) is 5.11 Å². The standard InChI is InChI=1S/C23H24N4O2/c1-14-6-8-17-21(28)20(12-19-16-9-7-15(2)24-23(16)26-25-19)29-22(17)18(14)13-27-10-4-3-5-11-27/h6-9,12,28H,3-5,10-11,13H2,1-2H3. The Morgan fingerprint density at radius 2 is 1.90 bits per heavy atom. The van der Waals surface area contributed by atoms with Gasteiger partial charge in [0.25, 0.3) is 0 Å². The number of likely N-dealkylation sites (tertiary alicyclic amines) is 1. The molecule has 1 aromatic carbocycles. The lowest BCUT2D eigenvalue weighted by Gasteiger charge is -2.27. The summed E-state index contributed by atoms with van der Waals surface area (Å²) in [6.45, 7) is 7.10. The van der Waals surface area contributed by atoms with E-state index in [-0.39, 0.29) is 5.75 Å². The Morgan fingerprint density at radius 3 is 2.72 bits per heavy atom. The van der Waals surface area contributed by atoms with Crippen molar-refractivity contribution in [2.75, 3.05) is 13.1 Å². The molecule has 0 saturated carbocycles. The number of azo groups is 1. The summed E-state index contributed by atoms with van der Waals surface area (Å²) in [5.74, 6) is 1.16. The summed E-state index contributed by atoms with van der Waals surface area (Å²) in [7, 11) is 0. The summed E-state index contributed by atoms with van der Waals surface area (Å²) >= 11 is 0. The molecule has 0 atom stereocenters. The van der Waals surface area contributed by atoms with Gasteiger partial charge in [0.2, 0.25) is 0 Å². The number of hydrogen-bond acceptors (Lipinski definition) is 6. The van der Waals surface area contributed by atoms with Gasteiger partial charge in [-0.15, -0.1) is 10.2 Å². The number of rotatable bonds is 3. The fraction of sp³-hybridized carbons (Fsp3) is 0.348. The highest BCUT2D eigenvalue weighted by Gasteiger charge is 2.22. The third-order valence-corrected chi connectivity index (χ3v) is 5.84. The van der Waals surface area contributed by atoms with Gasteiger partial charge >= 0.3 is 0 Å². The molecule has 2 aliphatic heterocycles. The smallest absolute Gasteiger partial charge is 0.184 e. The molecule has 5 rings (SSSR count). The quantitative estimate of drug-likeness (QED) is 0.622. The van der Waals surface area contributed by atoms with E-state index in [1.807, 2.05) is 25.1 Å². The molecule has 0 spiro atoms. The fourth-order valence-electron chi connectivity index (χ4n) is 4.16. The summed E-state index contributed by atoms with van der Waals surface area (Å²) in [6.07, 6.45) is 5.55. The van der Waals surface area contributed by atoms with Crippen molar-refractivity contribution in [1.29, 1.82) is 0 Å². The van der Waals surface area contributed by atoms with Crippen LogP contribution in [0.15, 0.2) is 38.9 Å². The lowest BCUT2D eigenvalue weighted by molar-refractivity contribution is 0.220. The zero-order chi connectivity index (χ0) is 20.0. The van der Waals surface area contributed by atoms with Crippen molar-refractivity contribution in [2.24, 2.45) is 10.2 Å². The minimum Gasteiger partial charge on any atom is -0.504 e. The van der Waals surface area contributed by atoms with E-state index in [0.29, 0.717) is 17.3 Å². The Hall–Kier alpha value is -2.99. The zero-order valence-electron chi connectivity index (χ0n) is 16.8. The monoisotopic (exact) mass is 388 g/mol. The van der Waals surface area contributed by atoms with Crippen LogP contribution in [0.2, 0.25) is 0 Å². The molecule has 2 aliphatic rings. The van der Waals surface area contributed by atoms with Gasteiger partial charge in [0.05, 0.1) is 5.39 Å². The number of furan rings is 1. The van der Waals surface area contributed by atoms with E-state index in [1.165, 1.54) is 24.8 Å². The van der Waals surface area contributed by atoms with Gasteiger partial charge in [0, 0.05) is 29.4 Å². The number of aryl methyl sites for hydroxylation is 2. The van der Waals surface area contributed by atoms with E-state index in [0.717, 1.165) is 47.4 Å². The molecular weight excluding hydrogens is 364 g/mol. The Balaban J connectivity index is 1.56. The van der Waals surface area contributed by atoms with Crippen molar-refractivity contribution in [3.05, 3.63) is 52.4 Å². The van der Waals surface area contributed by atoms with Crippen molar-refractivity contribution in [3.8, 4) is 5.75 Å². The number of aromatic hydroxyl groups is 1. The number of piperidine rings is 1. The molecule has 1 fully saturated rings. The Kier molecular flexibility index (Phi) is 4.43. The molecule has 0 bridgehead atoms. The lowest BCUT2D eigenvalue weighted by Crippen LogP contribution is -2.29. The van der Waals surface area contributed by atoms with Crippen LogP contribution in [0.25, 0.3) is 22.7 Å². The van der Waals surface area contributed by atoms with Crippen LogP contribution >= 0.6 is 0 Å². The predicted molar refractivity (Wildman–Crippen MR) is 113 cm³/mol. The summed E-state index contributed by atoms with van der Waals surface area (Å²) in [4.78, 5) is 6.87. The van der Waals surface area contributed by atoms with E-state index in [2.05, 4.69) is 33.1 Å². The average molecular weight is 388 g/mol. The first-order valence-electron chi connectivity index (χ1n) is 10.2. The van der Waals surface area contributed by atoms with Crippen LogP contribution in [0.4, 0.5) is 5.82 Å². The number of aromatic nitrogens is 1. The van der Waals surface area contributed by atoms with Gasteiger partial charge in [-0.05, 0) is 63.5 Å². The van der Waals surface area contributed by atoms with Crippen LogP contribution in [0.1, 0.15) is 47.4 Å². The van der Waals surface area contributed by atoms with E-state index < -0.39 is 0 Å². The molecule has 6 nitrogen and oxygen atoms in total. The number of nitrogens with zero attached hydrogens (tertiary/aromatic N) is 4. The van der Waals surface area contributed by atoms with Gasteiger partial charge in [-0.3, -0.25) is 4.90 Å². The molecule has 2 aromatic heterocycles. The maximum absolute atomic E-state index is 10.8. The third kappa shape index (κ3) is 3.23. The van der Waals surface area contributed by atoms with Crippen LogP contribution in [0, 0.1) is 13.8 Å². The molecule has 29 heavy (non-hydrogen) atoms. The van der Waals surface area contributed by atoms with Gasteiger partial charge in [-0.25, -0.2) is 4.98 Å². The van der Waals surface area contributed by atoms with Crippen molar-refractivity contribution >= 4 is 28.6 Å². The Labute approximate surface area is 169 Å². The van der Waals surface area contributed by atoms with Crippen molar-refractivity contribution in [1.82, 2.24) is 9.88 Å². The molecule has 0 aliphatic carbocycles. The molecule has 148 valence electrons. The van der Waals surface area contributed by atoms with Crippen LogP contribution in [-0.2, 0) is 6.54 Å². The van der Waals surface area contributed by atoms with E-state index in [1.54, 1.807) is 6.08 Å². The van der Waals surface area contributed by atoms with Gasteiger partial charge in [-0.2, -0.15) is 0 Å². The average Bonchev–Trinajstić information content (AvgIpc) is 3.26. The number of benzene rings is 1.